The quantitative estimate of drug-likeness (QED) is 0.800. The highest BCUT2D eigenvalue weighted by Crippen LogP contribution is 2.26. The lowest BCUT2D eigenvalue weighted by Gasteiger charge is -2.11. The van der Waals surface area contributed by atoms with Gasteiger partial charge in [-0.05, 0) is 22.0 Å². The molecule has 0 aliphatic rings. The van der Waals surface area contributed by atoms with E-state index >= 15 is 0 Å². The number of benzene rings is 1. The number of anilines is 2. The van der Waals surface area contributed by atoms with E-state index in [2.05, 4.69) is 20.9 Å². The Morgan fingerprint density at radius 2 is 1.86 bits per heavy atom. The molecule has 0 radical (unpaired) electrons. The van der Waals surface area contributed by atoms with E-state index in [0.717, 1.165) is 6.07 Å². The second kappa shape index (κ2) is 5.53. The minimum absolute atomic E-state index is 0.294. The van der Waals surface area contributed by atoms with Crippen molar-refractivity contribution in [1.29, 1.82) is 0 Å². The van der Waals surface area contributed by atoms with Gasteiger partial charge in [-0.15, -0.1) is 0 Å². The number of pyridine rings is 1. The predicted octanol–water partition coefficient (Wildman–Crippen LogP) is 2.64. The molecule has 10 heteroatoms. The van der Waals surface area contributed by atoms with E-state index in [1.165, 1.54) is 6.20 Å². The molecule has 1 aromatic heterocycles. The predicted molar refractivity (Wildman–Crippen MR) is 73.5 cm³/mol. The van der Waals surface area contributed by atoms with Crippen LogP contribution < -0.4 is 10.5 Å². The van der Waals surface area contributed by atoms with E-state index in [9.17, 15) is 21.6 Å². The first-order valence-corrected chi connectivity index (χ1v) is 7.56. The Balaban J connectivity index is 2.50. The molecule has 1 aromatic carbocycles. The standard InChI is InChI=1S/C11H7BrF3N3O2S/c12-5-1-9(11(16)17-4-5)21(19,20)18-8-3-6(13)2-7(14)10(8)15/h1-4,18H,(H2,16,17). The number of nitrogens with zero attached hydrogens (tertiary/aromatic N) is 1. The number of nitrogens with one attached hydrogen (secondary N) is 1. The molecule has 2 rings (SSSR count). The van der Waals surface area contributed by atoms with Crippen LogP contribution in [-0.2, 0) is 10.0 Å². The smallest absolute Gasteiger partial charge is 0.265 e. The minimum Gasteiger partial charge on any atom is -0.383 e. The first-order chi connectivity index (χ1) is 9.70. The van der Waals surface area contributed by atoms with Crippen molar-refractivity contribution in [2.75, 3.05) is 10.5 Å². The number of rotatable bonds is 3. The number of hydrogen-bond donors (Lipinski definition) is 2. The van der Waals surface area contributed by atoms with Crippen molar-refractivity contribution in [2.45, 2.75) is 4.90 Å². The second-order valence-electron chi connectivity index (χ2n) is 3.89. The van der Waals surface area contributed by atoms with Gasteiger partial charge in [-0.3, -0.25) is 4.72 Å². The monoisotopic (exact) mass is 381 g/mol. The molecule has 0 aliphatic carbocycles. The Morgan fingerprint density at radius 3 is 2.52 bits per heavy atom. The first kappa shape index (κ1) is 15.6. The molecule has 5 nitrogen and oxygen atoms in total. The molecule has 0 atom stereocenters. The summed E-state index contributed by atoms with van der Waals surface area (Å²) in [4.78, 5) is 3.16. The molecular weight excluding hydrogens is 375 g/mol. The van der Waals surface area contributed by atoms with Crippen LogP contribution in [0.4, 0.5) is 24.7 Å². The number of nitrogens with two attached hydrogens (primary N) is 1. The Labute approximate surface area is 126 Å². The van der Waals surface area contributed by atoms with Crippen molar-refractivity contribution in [3.63, 3.8) is 0 Å². The molecule has 3 N–H and O–H groups in total. The topological polar surface area (TPSA) is 85.1 Å². The molecule has 0 bridgehead atoms. The number of halogens is 4. The van der Waals surface area contributed by atoms with Gasteiger partial charge in [-0.2, -0.15) is 0 Å². The third-order valence-electron chi connectivity index (χ3n) is 2.38. The largest absolute Gasteiger partial charge is 0.383 e. The molecule has 0 saturated carbocycles. The van der Waals surface area contributed by atoms with Crippen molar-refractivity contribution < 1.29 is 21.6 Å². The first-order valence-electron chi connectivity index (χ1n) is 5.29. The summed E-state index contributed by atoms with van der Waals surface area (Å²) >= 11 is 3.01. The normalized spacial score (nSPS) is 11.4. The number of hydrogen-bond acceptors (Lipinski definition) is 4. The maximum atomic E-state index is 13.5. The molecule has 112 valence electrons. The molecule has 0 spiro atoms. The van der Waals surface area contributed by atoms with Crippen LogP contribution in [0.1, 0.15) is 0 Å². The summed E-state index contributed by atoms with van der Waals surface area (Å²) in [6, 6.07) is 1.93. The van der Waals surface area contributed by atoms with Crippen LogP contribution in [-0.4, -0.2) is 13.4 Å². The zero-order valence-electron chi connectivity index (χ0n) is 10.1. The van der Waals surface area contributed by atoms with E-state index in [1.807, 2.05) is 0 Å². The third kappa shape index (κ3) is 3.27. The average Bonchev–Trinajstić information content (AvgIpc) is 2.37. The Bertz CT molecular complexity index is 815. The molecule has 21 heavy (non-hydrogen) atoms. The molecule has 0 saturated heterocycles. The van der Waals surface area contributed by atoms with E-state index in [4.69, 9.17) is 5.73 Å². The Morgan fingerprint density at radius 1 is 1.19 bits per heavy atom. The lowest BCUT2D eigenvalue weighted by molar-refractivity contribution is 0.498. The second-order valence-corrected chi connectivity index (χ2v) is 6.46. The molecular formula is C11H7BrF3N3O2S. The average molecular weight is 382 g/mol. The fourth-order valence-corrected chi connectivity index (χ4v) is 3.12. The van der Waals surface area contributed by atoms with Crippen molar-refractivity contribution >= 4 is 37.5 Å². The van der Waals surface area contributed by atoms with E-state index in [1.54, 1.807) is 4.72 Å². The van der Waals surface area contributed by atoms with Gasteiger partial charge < -0.3 is 5.73 Å². The van der Waals surface area contributed by atoms with Gasteiger partial charge >= 0.3 is 0 Å². The fourth-order valence-electron chi connectivity index (χ4n) is 1.48. The van der Waals surface area contributed by atoms with Crippen molar-refractivity contribution in [3.05, 3.63) is 46.3 Å². The highest BCUT2D eigenvalue weighted by molar-refractivity contribution is 9.10. The summed E-state index contributed by atoms with van der Waals surface area (Å²) in [6.07, 6.45) is 1.26. The summed E-state index contributed by atoms with van der Waals surface area (Å²) in [5, 5.41) is 0. The van der Waals surface area contributed by atoms with Gasteiger partial charge in [-0.25, -0.2) is 26.6 Å². The van der Waals surface area contributed by atoms with Gasteiger partial charge in [0, 0.05) is 22.8 Å². The van der Waals surface area contributed by atoms with Crippen LogP contribution in [0.3, 0.4) is 0 Å². The molecule has 0 fully saturated rings. The summed E-state index contributed by atoms with van der Waals surface area (Å²) in [7, 11) is -4.36. The molecule has 2 aromatic rings. The zero-order chi connectivity index (χ0) is 15.8. The van der Waals surface area contributed by atoms with Crippen LogP contribution >= 0.6 is 15.9 Å². The van der Waals surface area contributed by atoms with E-state index in [0.29, 0.717) is 16.6 Å². The zero-order valence-corrected chi connectivity index (χ0v) is 12.5. The van der Waals surface area contributed by atoms with Crippen LogP contribution in [0.2, 0.25) is 0 Å². The van der Waals surface area contributed by atoms with Gasteiger partial charge in [-0.1, -0.05) is 0 Å². The van der Waals surface area contributed by atoms with Crippen LogP contribution in [0.5, 0.6) is 0 Å². The maximum absolute atomic E-state index is 13.5. The molecule has 1 heterocycles. The molecule has 0 unspecified atom stereocenters. The SMILES string of the molecule is Nc1ncc(Br)cc1S(=O)(=O)Nc1cc(F)cc(F)c1F. The van der Waals surface area contributed by atoms with Crippen molar-refractivity contribution in [2.24, 2.45) is 0 Å². The lowest BCUT2D eigenvalue weighted by Crippen LogP contribution is -2.17. The van der Waals surface area contributed by atoms with Gasteiger partial charge in [0.1, 0.15) is 16.5 Å². The van der Waals surface area contributed by atoms with Gasteiger partial charge in [0.05, 0.1) is 5.69 Å². The highest BCUT2D eigenvalue weighted by Gasteiger charge is 2.22. The summed E-state index contributed by atoms with van der Waals surface area (Å²) in [5.74, 6) is -4.52. The summed E-state index contributed by atoms with van der Waals surface area (Å²) < 4.78 is 65.8. The number of sulfonamides is 1. The number of aromatic nitrogens is 1. The maximum Gasteiger partial charge on any atom is 0.265 e. The molecule has 0 aliphatic heterocycles. The number of nitrogen functional groups attached to an aromatic ring is 1. The van der Waals surface area contributed by atoms with E-state index in [-0.39, 0.29) is 5.82 Å². The fraction of sp³-hybridized carbons (Fsp3) is 0. The highest BCUT2D eigenvalue weighted by atomic mass is 79.9. The van der Waals surface area contributed by atoms with E-state index < -0.39 is 38.1 Å². The Kier molecular flexibility index (Phi) is 4.10. The van der Waals surface area contributed by atoms with Crippen molar-refractivity contribution in [1.82, 2.24) is 4.98 Å². The van der Waals surface area contributed by atoms with Crippen molar-refractivity contribution in [3.8, 4) is 0 Å². The van der Waals surface area contributed by atoms with Gasteiger partial charge in [0.25, 0.3) is 10.0 Å². The van der Waals surface area contributed by atoms with Gasteiger partial charge in [0.2, 0.25) is 0 Å². The summed E-state index contributed by atoms with van der Waals surface area (Å²) in [5.41, 5.74) is 4.57. The van der Waals surface area contributed by atoms with Gasteiger partial charge in [0.15, 0.2) is 11.6 Å². The Hall–Kier alpha value is -1.81. The summed E-state index contributed by atoms with van der Waals surface area (Å²) in [6.45, 7) is 0. The van der Waals surface area contributed by atoms with Crippen LogP contribution in [0.25, 0.3) is 0 Å². The van der Waals surface area contributed by atoms with Crippen LogP contribution in [0, 0.1) is 17.5 Å². The minimum atomic E-state index is -4.36. The third-order valence-corrected chi connectivity index (χ3v) is 4.20. The molecule has 0 amide bonds. The van der Waals surface area contributed by atoms with Crippen LogP contribution in [0.15, 0.2) is 33.8 Å². The lowest BCUT2D eigenvalue weighted by atomic mass is 10.3.